The van der Waals surface area contributed by atoms with E-state index in [1.165, 1.54) is 6.07 Å². The number of nitrogens with zero attached hydrogens (tertiary/aromatic N) is 2. The lowest BCUT2D eigenvalue weighted by Crippen LogP contribution is -2.32. The highest BCUT2D eigenvalue weighted by molar-refractivity contribution is 6.28. The van der Waals surface area contributed by atoms with Gasteiger partial charge in [0.2, 0.25) is 0 Å². The Bertz CT molecular complexity index is 254. The van der Waals surface area contributed by atoms with Crippen molar-refractivity contribution in [1.82, 2.24) is 5.10 Å². The maximum atomic E-state index is 10.7. The topological polar surface area (TPSA) is 49.1 Å². The first-order chi connectivity index (χ1) is 5.24. The summed E-state index contributed by atoms with van der Waals surface area (Å²) >= 11 is 5.41. The molecule has 0 saturated carbocycles. The van der Waals surface area contributed by atoms with Crippen molar-refractivity contribution >= 4 is 11.6 Å². The second-order valence-electron chi connectivity index (χ2n) is 1.80. The molecular weight excluding hydrogens is 168 g/mol. The predicted molar refractivity (Wildman–Crippen MR) is 39.4 cm³/mol. The minimum absolute atomic E-state index is 0.0356. The number of aromatic nitrogens is 2. The first-order valence-electron chi connectivity index (χ1n) is 3.13. The molecule has 0 aliphatic carbocycles. The maximum Gasteiger partial charge on any atom is 0.313 e. The molecule has 0 amide bonds. The lowest BCUT2D eigenvalue weighted by atomic mass is 10.6. The van der Waals surface area contributed by atoms with Crippen LogP contribution < -0.4 is 9.58 Å². The third-order valence-electron chi connectivity index (χ3n) is 1.03. The summed E-state index contributed by atoms with van der Waals surface area (Å²) < 4.78 is 4.95. The molecule has 0 unspecified atom stereocenters. The van der Waals surface area contributed by atoms with Crippen molar-refractivity contribution in [2.24, 2.45) is 0 Å². The Kier molecular flexibility index (Phi) is 2.48. The van der Waals surface area contributed by atoms with Crippen LogP contribution in [0.15, 0.2) is 12.1 Å². The van der Waals surface area contributed by atoms with Crippen LogP contribution in [0.5, 0.6) is 5.88 Å². The Morgan fingerprint density at radius 2 is 2.45 bits per heavy atom. The van der Waals surface area contributed by atoms with E-state index in [1.54, 1.807) is 6.07 Å². The summed E-state index contributed by atoms with van der Waals surface area (Å²) in [5, 5.41) is 14.2. The summed E-state index contributed by atoms with van der Waals surface area (Å²) in [5.41, 5.74) is 0. The maximum absolute atomic E-state index is 10.7. The number of rotatable bonds is 2. The highest BCUT2D eigenvalue weighted by Gasteiger charge is 2.04. The Labute approximate surface area is 68.9 Å². The zero-order chi connectivity index (χ0) is 8.27. The van der Waals surface area contributed by atoms with Crippen molar-refractivity contribution in [2.75, 3.05) is 6.61 Å². The van der Waals surface area contributed by atoms with Gasteiger partial charge >= 0.3 is 5.15 Å². The summed E-state index contributed by atoms with van der Waals surface area (Å²) in [7, 11) is 0. The molecule has 0 aliphatic rings. The number of halogens is 1. The molecule has 5 heteroatoms. The fourth-order valence-corrected chi connectivity index (χ4v) is 0.700. The molecule has 0 N–H and O–H groups in total. The molecule has 0 spiro atoms. The molecule has 60 valence electrons. The fraction of sp³-hybridized carbons (Fsp3) is 0.333. The molecule has 1 aromatic rings. The van der Waals surface area contributed by atoms with Gasteiger partial charge in [0.05, 0.1) is 11.7 Å². The largest absolute Gasteiger partial charge is 0.593 e. The van der Waals surface area contributed by atoms with Crippen molar-refractivity contribution in [1.29, 1.82) is 0 Å². The van der Waals surface area contributed by atoms with Gasteiger partial charge in [0.15, 0.2) is 0 Å². The summed E-state index contributed by atoms with van der Waals surface area (Å²) in [6.07, 6.45) is 0. The first-order valence-corrected chi connectivity index (χ1v) is 3.51. The third-order valence-corrected chi connectivity index (χ3v) is 1.30. The van der Waals surface area contributed by atoms with Crippen molar-refractivity contribution in [2.45, 2.75) is 6.92 Å². The van der Waals surface area contributed by atoms with E-state index in [0.29, 0.717) is 11.5 Å². The highest BCUT2D eigenvalue weighted by atomic mass is 35.5. The van der Waals surface area contributed by atoms with Gasteiger partial charge in [-0.15, -0.1) is 0 Å². The van der Waals surface area contributed by atoms with Crippen LogP contribution in [0.2, 0.25) is 5.15 Å². The lowest BCUT2D eigenvalue weighted by molar-refractivity contribution is -0.667. The van der Waals surface area contributed by atoms with Gasteiger partial charge in [-0.05, 0) is 23.4 Å². The van der Waals surface area contributed by atoms with Crippen LogP contribution in [0.4, 0.5) is 0 Å². The molecule has 1 aromatic heterocycles. The molecule has 11 heavy (non-hydrogen) atoms. The smallest absolute Gasteiger partial charge is 0.313 e. The van der Waals surface area contributed by atoms with Crippen LogP contribution in [0.3, 0.4) is 0 Å². The normalized spacial score (nSPS) is 9.64. The Balaban J connectivity index is 2.86. The second kappa shape index (κ2) is 3.39. The quantitative estimate of drug-likeness (QED) is 0.492. The minimum atomic E-state index is 0.0356. The van der Waals surface area contributed by atoms with Crippen molar-refractivity contribution in [3.63, 3.8) is 0 Å². The predicted octanol–water partition coefficient (Wildman–Crippen LogP) is 0.767. The zero-order valence-corrected chi connectivity index (χ0v) is 6.71. The van der Waals surface area contributed by atoms with Crippen LogP contribution in [-0.2, 0) is 0 Å². The number of ether oxygens (including phenoxy) is 1. The van der Waals surface area contributed by atoms with Crippen molar-refractivity contribution < 1.29 is 9.58 Å². The van der Waals surface area contributed by atoms with Gasteiger partial charge in [-0.2, -0.15) is 0 Å². The van der Waals surface area contributed by atoms with E-state index < -0.39 is 0 Å². The van der Waals surface area contributed by atoms with E-state index >= 15 is 0 Å². The van der Waals surface area contributed by atoms with Crippen LogP contribution in [0, 0.1) is 5.21 Å². The molecule has 0 fully saturated rings. The summed E-state index contributed by atoms with van der Waals surface area (Å²) in [5.74, 6) is 0.284. The molecule has 0 atom stereocenters. The average molecular weight is 175 g/mol. The van der Waals surface area contributed by atoms with E-state index in [1.807, 2.05) is 6.92 Å². The van der Waals surface area contributed by atoms with Crippen LogP contribution >= 0.6 is 11.6 Å². The molecule has 4 nitrogen and oxygen atoms in total. The van der Waals surface area contributed by atoms with E-state index in [9.17, 15) is 5.21 Å². The van der Waals surface area contributed by atoms with Gasteiger partial charge in [-0.3, -0.25) is 0 Å². The standard InChI is InChI=1S/C6H7ClN2O2/c1-2-11-6-4-3-5(7)9(10)8-6/h3-4H,2H2,1H3. The van der Waals surface area contributed by atoms with Gasteiger partial charge < -0.3 is 9.94 Å². The van der Waals surface area contributed by atoms with E-state index in [4.69, 9.17) is 16.3 Å². The van der Waals surface area contributed by atoms with Crippen LogP contribution in [0.1, 0.15) is 6.92 Å². The first kappa shape index (κ1) is 8.07. The van der Waals surface area contributed by atoms with Crippen molar-refractivity contribution in [3.8, 4) is 5.88 Å². The van der Waals surface area contributed by atoms with Gasteiger partial charge in [0, 0.05) is 12.1 Å². The zero-order valence-electron chi connectivity index (χ0n) is 5.95. The SMILES string of the molecule is CCOc1ccc(Cl)[n+]([O-])n1. The molecule has 0 bridgehead atoms. The van der Waals surface area contributed by atoms with Crippen molar-refractivity contribution in [3.05, 3.63) is 22.5 Å². The minimum Gasteiger partial charge on any atom is -0.593 e. The fourth-order valence-electron chi connectivity index (χ4n) is 0.599. The van der Waals surface area contributed by atoms with Gasteiger partial charge in [-0.1, -0.05) is 0 Å². The average Bonchev–Trinajstić information content (AvgIpc) is 1.98. The number of hydrogen-bond donors (Lipinski definition) is 0. The molecule has 0 saturated heterocycles. The summed E-state index contributed by atoms with van der Waals surface area (Å²) in [6.45, 7) is 2.29. The van der Waals surface area contributed by atoms with E-state index in [2.05, 4.69) is 5.10 Å². The van der Waals surface area contributed by atoms with E-state index in [0.717, 1.165) is 0 Å². The molecule has 1 heterocycles. The van der Waals surface area contributed by atoms with Crippen LogP contribution in [0.25, 0.3) is 0 Å². The Morgan fingerprint density at radius 1 is 1.73 bits per heavy atom. The molecular formula is C6H7ClN2O2. The van der Waals surface area contributed by atoms with Gasteiger partial charge in [0.25, 0.3) is 5.88 Å². The third kappa shape index (κ3) is 1.94. The summed E-state index contributed by atoms with van der Waals surface area (Å²) in [6, 6.07) is 2.98. The Hall–Kier alpha value is -1.03. The Morgan fingerprint density at radius 3 is 3.00 bits per heavy atom. The second-order valence-corrected chi connectivity index (χ2v) is 2.19. The highest BCUT2D eigenvalue weighted by Crippen LogP contribution is 2.05. The number of hydrogen-bond acceptors (Lipinski definition) is 3. The van der Waals surface area contributed by atoms with Crippen LogP contribution in [-0.4, -0.2) is 11.7 Å². The monoisotopic (exact) mass is 174 g/mol. The summed E-state index contributed by atoms with van der Waals surface area (Å²) in [4.78, 5) is 0.312. The molecule has 0 radical (unpaired) electrons. The molecule has 0 aromatic carbocycles. The van der Waals surface area contributed by atoms with Gasteiger partial charge in [0.1, 0.15) is 0 Å². The molecule has 0 aliphatic heterocycles. The van der Waals surface area contributed by atoms with E-state index in [-0.39, 0.29) is 11.0 Å². The van der Waals surface area contributed by atoms with Gasteiger partial charge in [-0.25, -0.2) is 0 Å². The lowest BCUT2D eigenvalue weighted by Gasteiger charge is -1.99. The molecule has 1 rings (SSSR count).